The van der Waals surface area contributed by atoms with E-state index in [-0.39, 0.29) is 11.2 Å². The van der Waals surface area contributed by atoms with Crippen molar-refractivity contribution in [3.05, 3.63) is 47.6 Å². The van der Waals surface area contributed by atoms with E-state index in [2.05, 4.69) is 21.4 Å². The third-order valence-electron chi connectivity index (χ3n) is 3.14. The molecule has 0 unspecified atom stereocenters. The van der Waals surface area contributed by atoms with Crippen LogP contribution in [0.2, 0.25) is 0 Å². The Bertz CT molecular complexity index is 900. The van der Waals surface area contributed by atoms with Gasteiger partial charge in [0, 0.05) is 11.1 Å². The smallest absolute Gasteiger partial charge is 0.237 e. The van der Waals surface area contributed by atoms with Crippen molar-refractivity contribution in [1.82, 2.24) is 9.97 Å². The number of benzene rings is 1. The highest BCUT2D eigenvalue weighted by molar-refractivity contribution is 8.00. The summed E-state index contributed by atoms with van der Waals surface area (Å²) >= 11 is 2.94. The molecule has 2 heterocycles. The number of nitrogens with one attached hydrogen (secondary N) is 1. The minimum Gasteiger partial charge on any atom is -0.325 e. The van der Waals surface area contributed by atoms with E-state index in [1.54, 1.807) is 35.6 Å². The average Bonchev–Trinajstić information content (AvgIpc) is 3.04. The molecule has 1 aromatic carbocycles. The summed E-state index contributed by atoms with van der Waals surface area (Å²) in [6.07, 6.45) is 1.52. The molecule has 0 fully saturated rings. The fourth-order valence-electron chi connectivity index (χ4n) is 1.99. The molecule has 0 radical (unpaired) electrons. The Kier molecular flexibility index (Phi) is 4.55. The summed E-state index contributed by atoms with van der Waals surface area (Å²) in [5, 5.41) is 15.1. The number of amides is 1. The summed E-state index contributed by atoms with van der Waals surface area (Å²) in [7, 11) is 0. The number of nitriles is 1. The molecule has 114 valence electrons. The number of nitrogens with zero attached hydrogens (tertiary/aromatic N) is 3. The van der Waals surface area contributed by atoms with Crippen molar-refractivity contribution in [2.45, 2.75) is 17.2 Å². The molecule has 0 saturated heterocycles. The predicted molar refractivity (Wildman–Crippen MR) is 92.5 cm³/mol. The van der Waals surface area contributed by atoms with Crippen LogP contribution in [0.5, 0.6) is 0 Å². The molecule has 1 atom stereocenters. The maximum atomic E-state index is 12.3. The van der Waals surface area contributed by atoms with E-state index in [4.69, 9.17) is 5.26 Å². The van der Waals surface area contributed by atoms with Gasteiger partial charge in [0.25, 0.3) is 0 Å². The second-order valence-electron chi connectivity index (χ2n) is 4.76. The number of anilines is 1. The highest BCUT2D eigenvalue weighted by atomic mass is 32.2. The average molecular weight is 340 g/mol. The van der Waals surface area contributed by atoms with Gasteiger partial charge in [-0.05, 0) is 36.6 Å². The molecule has 7 heteroatoms. The van der Waals surface area contributed by atoms with Crippen LogP contribution in [0, 0.1) is 11.3 Å². The topological polar surface area (TPSA) is 78.7 Å². The van der Waals surface area contributed by atoms with Gasteiger partial charge >= 0.3 is 0 Å². The minimum absolute atomic E-state index is 0.132. The number of carbonyl (C=O) groups is 1. The standard InChI is InChI=1S/C16H12N4OS2/c1-10(14(21)20-12-4-2-3-11(7-12)8-17)23-16-13-5-6-22-15(13)18-9-19-16/h2-7,9-10H,1H3,(H,20,21)/t10-/m0/s1. The van der Waals surface area contributed by atoms with Gasteiger partial charge in [-0.3, -0.25) is 4.79 Å². The van der Waals surface area contributed by atoms with Gasteiger partial charge in [0.2, 0.25) is 5.91 Å². The van der Waals surface area contributed by atoms with E-state index in [0.717, 1.165) is 15.2 Å². The number of hydrogen-bond acceptors (Lipinski definition) is 6. The number of rotatable bonds is 4. The lowest BCUT2D eigenvalue weighted by Crippen LogP contribution is -2.22. The number of carbonyl (C=O) groups excluding carboxylic acids is 1. The van der Waals surface area contributed by atoms with Crippen LogP contribution in [0.25, 0.3) is 10.2 Å². The molecule has 0 aliphatic rings. The fourth-order valence-corrected chi connectivity index (χ4v) is 3.69. The first-order valence-corrected chi connectivity index (χ1v) is 8.59. The Morgan fingerprint density at radius 2 is 2.26 bits per heavy atom. The minimum atomic E-state index is -0.321. The quantitative estimate of drug-likeness (QED) is 0.579. The Hall–Kier alpha value is -2.43. The van der Waals surface area contributed by atoms with Crippen molar-refractivity contribution in [2.75, 3.05) is 5.32 Å². The van der Waals surface area contributed by atoms with Gasteiger partial charge in [-0.2, -0.15) is 5.26 Å². The van der Waals surface area contributed by atoms with Crippen LogP contribution in [0.3, 0.4) is 0 Å². The monoisotopic (exact) mass is 340 g/mol. The molecule has 3 rings (SSSR count). The van der Waals surface area contributed by atoms with Crippen molar-refractivity contribution in [3.63, 3.8) is 0 Å². The molecule has 3 aromatic rings. The Morgan fingerprint density at radius 3 is 3.09 bits per heavy atom. The van der Waals surface area contributed by atoms with E-state index in [0.29, 0.717) is 11.3 Å². The van der Waals surface area contributed by atoms with Crippen LogP contribution in [0.4, 0.5) is 5.69 Å². The zero-order valence-electron chi connectivity index (χ0n) is 12.2. The third-order valence-corrected chi connectivity index (χ3v) is 5.08. The van der Waals surface area contributed by atoms with Crippen molar-refractivity contribution in [2.24, 2.45) is 0 Å². The van der Waals surface area contributed by atoms with Gasteiger partial charge in [-0.25, -0.2) is 9.97 Å². The number of hydrogen-bond donors (Lipinski definition) is 1. The molecular formula is C16H12N4OS2. The third kappa shape index (κ3) is 3.50. The number of fused-ring (bicyclic) bond motifs is 1. The normalized spacial score (nSPS) is 11.8. The summed E-state index contributed by atoms with van der Waals surface area (Å²) in [4.78, 5) is 21.7. The molecule has 0 saturated carbocycles. The van der Waals surface area contributed by atoms with Crippen LogP contribution < -0.4 is 5.32 Å². The molecule has 5 nitrogen and oxygen atoms in total. The molecular weight excluding hydrogens is 328 g/mol. The van der Waals surface area contributed by atoms with Crippen molar-refractivity contribution in [1.29, 1.82) is 5.26 Å². The van der Waals surface area contributed by atoms with Crippen LogP contribution in [0.1, 0.15) is 12.5 Å². The highest BCUT2D eigenvalue weighted by Gasteiger charge is 2.17. The van der Waals surface area contributed by atoms with Gasteiger partial charge in [0.1, 0.15) is 16.2 Å². The van der Waals surface area contributed by atoms with Gasteiger partial charge in [-0.15, -0.1) is 11.3 Å². The summed E-state index contributed by atoms with van der Waals surface area (Å²) in [5.41, 5.74) is 1.13. The number of aromatic nitrogens is 2. The van der Waals surface area contributed by atoms with Crippen LogP contribution in [-0.2, 0) is 4.79 Å². The Balaban J connectivity index is 1.72. The highest BCUT2D eigenvalue weighted by Crippen LogP contribution is 2.30. The molecule has 1 N–H and O–H groups in total. The first kappa shape index (κ1) is 15.5. The lowest BCUT2D eigenvalue weighted by Gasteiger charge is -2.12. The van der Waals surface area contributed by atoms with E-state index >= 15 is 0 Å². The SMILES string of the molecule is C[C@H](Sc1ncnc2sccc12)C(=O)Nc1cccc(C#N)c1. The van der Waals surface area contributed by atoms with E-state index < -0.39 is 0 Å². The second kappa shape index (κ2) is 6.77. The summed E-state index contributed by atoms with van der Waals surface area (Å²) in [6, 6.07) is 10.9. The molecule has 0 bridgehead atoms. The van der Waals surface area contributed by atoms with E-state index in [1.807, 2.05) is 18.4 Å². The van der Waals surface area contributed by atoms with Crippen molar-refractivity contribution in [3.8, 4) is 6.07 Å². The summed E-state index contributed by atoms with van der Waals surface area (Å²) in [6.45, 7) is 1.83. The second-order valence-corrected chi connectivity index (χ2v) is 6.98. The van der Waals surface area contributed by atoms with Gasteiger partial charge in [0.05, 0.1) is 16.9 Å². The van der Waals surface area contributed by atoms with Crippen molar-refractivity contribution >= 4 is 44.9 Å². The maximum Gasteiger partial charge on any atom is 0.237 e. The lowest BCUT2D eigenvalue weighted by molar-refractivity contribution is -0.115. The van der Waals surface area contributed by atoms with Crippen molar-refractivity contribution < 1.29 is 4.79 Å². The van der Waals surface area contributed by atoms with E-state index in [1.165, 1.54) is 18.1 Å². The van der Waals surface area contributed by atoms with E-state index in [9.17, 15) is 4.79 Å². The first-order valence-electron chi connectivity index (χ1n) is 6.83. The zero-order valence-corrected chi connectivity index (χ0v) is 13.8. The molecule has 23 heavy (non-hydrogen) atoms. The molecule has 0 aliphatic heterocycles. The summed E-state index contributed by atoms with van der Waals surface area (Å²) in [5.74, 6) is -0.132. The largest absolute Gasteiger partial charge is 0.325 e. The van der Waals surface area contributed by atoms with Crippen LogP contribution in [0.15, 0.2) is 47.1 Å². The van der Waals surface area contributed by atoms with Crippen LogP contribution in [-0.4, -0.2) is 21.1 Å². The Labute approximate surface area is 141 Å². The van der Waals surface area contributed by atoms with Gasteiger partial charge in [-0.1, -0.05) is 17.8 Å². The fraction of sp³-hybridized carbons (Fsp3) is 0.125. The zero-order chi connectivity index (χ0) is 16.2. The molecule has 0 spiro atoms. The predicted octanol–water partition coefficient (Wildman–Crippen LogP) is 3.68. The lowest BCUT2D eigenvalue weighted by atomic mass is 10.2. The van der Waals surface area contributed by atoms with Crippen LogP contribution >= 0.6 is 23.1 Å². The number of thioether (sulfide) groups is 1. The first-order chi connectivity index (χ1) is 11.2. The molecule has 0 aliphatic carbocycles. The van der Waals surface area contributed by atoms with Gasteiger partial charge in [0.15, 0.2) is 0 Å². The molecule has 1 amide bonds. The van der Waals surface area contributed by atoms with Gasteiger partial charge < -0.3 is 5.32 Å². The number of thiophene rings is 1. The summed E-state index contributed by atoms with van der Waals surface area (Å²) < 4.78 is 0. The molecule has 2 aromatic heterocycles. The maximum absolute atomic E-state index is 12.3. The Morgan fingerprint density at radius 1 is 1.39 bits per heavy atom.